The zero-order valence-electron chi connectivity index (χ0n) is 11.3. The lowest BCUT2D eigenvalue weighted by atomic mass is 10.2. The maximum Gasteiger partial charge on any atom is 0.165 e. The lowest BCUT2D eigenvalue weighted by Crippen LogP contribution is -2.05. The smallest absolute Gasteiger partial charge is 0.165 e. The molecule has 1 N–H and O–H groups in total. The zero-order chi connectivity index (χ0) is 14.8. The fraction of sp³-hybridized carbons (Fsp3) is 0.214. The molecule has 1 aromatic carbocycles. The Morgan fingerprint density at radius 2 is 2.05 bits per heavy atom. The summed E-state index contributed by atoms with van der Waals surface area (Å²) in [6.07, 6.45) is 3.11. The third kappa shape index (κ3) is 2.54. The topological polar surface area (TPSA) is 55.6 Å². The van der Waals surface area contributed by atoms with Crippen molar-refractivity contribution in [1.82, 2.24) is 19.5 Å². The van der Waals surface area contributed by atoms with Crippen molar-refractivity contribution in [3.05, 3.63) is 48.1 Å². The molecular formula is C14H13F2N5. The maximum atomic E-state index is 13.6. The molecule has 0 aliphatic rings. The minimum absolute atomic E-state index is 0.192. The summed E-state index contributed by atoms with van der Waals surface area (Å²) >= 11 is 0. The Morgan fingerprint density at radius 1 is 1.19 bits per heavy atom. The molecule has 0 fully saturated rings. The molecule has 0 saturated carbocycles. The van der Waals surface area contributed by atoms with Crippen LogP contribution in [0.4, 0.5) is 14.6 Å². The second kappa shape index (κ2) is 5.43. The van der Waals surface area contributed by atoms with Gasteiger partial charge in [-0.1, -0.05) is 6.07 Å². The van der Waals surface area contributed by atoms with Crippen LogP contribution in [-0.2, 0) is 13.1 Å². The predicted molar refractivity (Wildman–Crippen MR) is 74.7 cm³/mol. The lowest BCUT2D eigenvalue weighted by molar-refractivity contribution is 0.574. The van der Waals surface area contributed by atoms with Crippen LogP contribution in [0.1, 0.15) is 12.5 Å². The Morgan fingerprint density at radius 3 is 2.81 bits per heavy atom. The molecule has 2 heterocycles. The first-order valence-corrected chi connectivity index (χ1v) is 6.52. The van der Waals surface area contributed by atoms with E-state index in [2.05, 4.69) is 20.3 Å². The van der Waals surface area contributed by atoms with Crippen molar-refractivity contribution in [3.63, 3.8) is 0 Å². The molecule has 2 aromatic heterocycles. The SMILES string of the molecule is CCn1cnc2c(NCc3ccc(F)cc3F)ncnc21. The Hall–Kier alpha value is -2.57. The highest BCUT2D eigenvalue weighted by Gasteiger charge is 2.10. The summed E-state index contributed by atoms with van der Waals surface area (Å²) in [5.74, 6) is -0.662. The van der Waals surface area contributed by atoms with E-state index in [1.807, 2.05) is 11.5 Å². The van der Waals surface area contributed by atoms with Crippen LogP contribution in [0.15, 0.2) is 30.9 Å². The molecule has 108 valence electrons. The Labute approximate surface area is 119 Å². The van der Waals surface area contributed by atoms with Crippen molar-refractivity contribution in [1.29, 1.82) is 0 Å². The molecule has 0 aliphatic heterocycles. The monoisotopic (exact) mass is 289 g/mol. The molecule has 3 rings (SSSR count). The Bertz CT molecular complexity index is 784. The van der Waals surface area contributed by atoms with E-state index in [1.54, 1.807) is 6.33 Å². The number of benzene rings is 1. The number of nitrogens with zero attached hydrogens (tertiary/aromatic N) is 4. The van der Waals surface area contributed by atoms with Gasteiger partial charge in [0.1, 0.15) is 23.5 Å². The predicted octanol–water partition coefficient (Wildman–Crippen LogP) is 2.74. The summed E-state index contributed by atoms with van der Waals surface area (Å²) in [5, 5.41) is 3.01. The quantitative estimate of drug-likeness (QED) is 0.802. The largest absolute Gasteiger partial charge is 0.364 e. The molecule has 0 atom stereocenters. The molecule has 5 nitrogen and oxygen atoms in total. The van der Waals surface area contributed by atoms with Gasteiger partial charge in [-0.3, -0.25) is 0 Å². The summed E-state index contributed by atoms with van der Waals surface area (Å²) in [4.78, 5) is 12.6. The van der Waals surface area contributed by atoms with E-state index in [-0.39, 0.29) is 6.54 Å². The van der Waals surface area contributed by atoms with Gasteiger partial charge in [0.2, 0.25) is 0 Å². The summed E-state index contributed by atoms with van der Waals surface area (Å²) in [6.45, 7) is 2.93. The zero-order valence-corrected chi connectivity index (χ0v) is 11.3. The van der Waals surface area contributed by atoms with Gasteiger partial charge >= 0.3 is 0 Å². The van der Waals surface area contributed by atoms with Crippen molar-refractivity contribution in [3.8, 4) is 0 Å². The number of halogens is 2. The first-order chi connectivity index (χ1) is 10.2. The van der Waals surface area contributed by atoms with E-state index in [0.29, 0.717) is 16.9 Å². The normalized spacial score (nSPS) is 11.0. The van der Waals surface area contributed by atoms with E-state index in [4.69, 9.17) is 0 Å². The number of fused-ring (bicyclic) bond motifs is 1. The molecule has 3 aromatic rings. The van der Waals surface area contributed by atoms with Crippen molar-refractivity contribution >= 4 is 17.0 Å². The van der Waals surface area contributed by atoms with Crippen LogP contribution in [0.2, 0.25) is 0 Å². The first kappa shape index (κ1) is 13.4. The third-order valence-electron chi connectivity index (χ3n) is 3.20. The molecule has 0 amide bonds. The number of hydrogen-bond donors (Lipinski definition) is 1. The van der Waals surface area contributed by atoms with Crippen molar-refractivity contribution in [2.45, 2.75) is 20.0 Å². The number of rotatable bonds is 4. The van der Waals surface area contributed by atoms with E-state index in [0.717, 1.165) is 18.3 Å². The molecule has 0 bridgehead atoms. The molecule has 0 saturated heterocycles. The van der Waals surface area contributed by atoms with Crippen molar-refractivity contribution < 1.29 is 8.78 Å². The van der Waals surface area contributed by atoms with Crippen LogP contribution in [0.25, 0.3) is 11.2 Å². The fourth-order valence-corrected chi connectivity index (χ4v) is 2.09. The van der Waals surface area contributed by atoms with E-state index in [1.165, 1.54) is 18.5 Å². The molecule has 0 radical (unpaired) electrons. The number of aromatic nitrogens is 4. The van der Waals surface area contributed by atoms with Gasteiger partial charge in [-0.25, -0.2) is 23.7 Å². The minimum atomic E-state index is -0.595. The Balaban J connectivity index is 1.87. The van der Waals surface area contributed by atoms with Crippen molar-refractivity contribution in [2.75, 3.05) is 5.32 Å². The first-order valence-electron chi connectivity index (χ1n) is 6.52. The van der Waals surface area contributed by atoms with E-state index >= 15 is 0 Å². The maximum absolute atomic E-state index is 13.6. The summed E-state index contributed by atoms with van der Waals surface area (Å²) in [5.41, 5.74) is 1.70. The van der Waals surface area contributed by atoms with Gasteiger partial charge in [-0.05, 0) is 13.0 Å². The van der Waals surface area contributed by atoms with Gasteiger partial charge in [-0.15, -0.1) is 0 Å². The molecule has 21 heavy (non-hydrogen) atoms. The van der Waals surface area contributed by atoms with Crippen LogP contribution >= 0.6 is 0 Å². The summed E-state index contributed by atoms with van der Waals surface area (Å²) in [6, 6.07) is 3.49. The van der Waals surface area contributed by atoms with Gasteiger partial charge < -0.3 is 9.88 Å². The lowest BCUT2D eigenvalue weighted by Gasteiger charge is -2.07. The van der Waals surface area contributed by atoms with Gasteiger partial charge in [0.25, 0.3) is 0 Å². The summed E-state index contributed by atoms with van der Waals surface area (Å²) in [7, 11) is 0. The number of aryl methyl sites for hydroxylation is 1. The number of nitrogens with one attached hydrogen (secondary N) is 1. The van der Waals surface area contributed by atoms with Gasteiger partial charge in [0.15, 0.2) is 11.5 Å². The number of imidazole rings is 1. The molecular weight excluding hydrogens is 276 g/mol. The molecule has 7 heteroatoms. The average molecular weight is 289 g/mol. The fourth-order valence-electron chi connectivity index (χ4n) is 2.09. The summed E-state index contributed by atoms with van der Waals surface area (Å²) < 4.78 is 28.3. The number of anilines is 1. The minimum Gasteiger partial charge on any atom is -0.364 e. The third-order valence-corrected chi connectivity index (χ3v) is 3.20. The highest BCUT2D eigenvalue weighted by Crippen LogP contribution is 2.18. The van der Waals surface area contributed by atoms with Crippen molar-refractivity contribution in [2.24, 2.45) is 0 Å². The van der Waals surface area contributed by atoms with Gasteiger partial charge in [0.05, 0.1) is 6.33 Å². The van der Waals surface area contributed by atoms with Crippen LogP contribution in [-0.4, -0.2) is 19.5 Å². The second-order valence-electron chi connectivity index (χ2n) is 4.51. The molecule has 0 spiro atoms. The standard InChI is InChI=1S/C14H13F2N5/c1-2-21-8-20-12-13(18-7-19-14(12)21)17-6-9-3-4-10(15)5-11(9)16/h3-5,7-8H,2,6H2,1H3,(H,17,18,19). The van der Waals surface area contributed by atoms with Crippen LogP contribution in [0, 0.1) is 11.6 Å². The second-order valence-corrected chi connectivity index (χ2v) is 4.51. The highest BCUT2D eigenvalue weighted by molar-refractivity contribution is 5.82. The van der Waals surface area contributed by atoms with Crippen LogP contribution in [0.3, 0.4) is 0 Å². The average Bonchev–Trinajstić information content (AvgIpc) is 2.90. The molecule has 0 unspecified atom stereocenters. The van der Waals surface area contributed by atoms with Crippen LogP contribution < -0.4 is 5.32 Å². The van der Waals surface area contributed by atoms with Gasteiger partial charge in [-0.2, -0.15) is 0 Å². The molecule has 0 aliphatic carbocycles. The van der Waals surface area contributed by atoms with E-state index < -0.39 is 11.6 Å². The van der Waals surface area contributed by atoms with E-state index in [9.17, 15) is 8.78 Å². The number of hydrogen-bond acceptors (Lipinski definition) is 4. The van der Waals surface area contributed by atoms with Crippen LogP contribution in [0.5, 0.6) is 0 Å². The Kier molecular flexibility index (Phi) is 3.47. The highest BCUT2D eigenvalue weighted by atomic mass is 19.1. The van der Waals surface area contributed by atoms with Gasteiger partial charge in [0, 0.05) is 24.7 Å².